The highest BCUT2D eigenvalue weighted by Crippen LogP contribution is 2.24. The Morgan fingerprint density at radius 1 is 1.15 bits per heavy atom. The first-order valence-corrected chi connectivity index (χ1v) is 9.77. The molecule has 0 spiro atoms. The third kappa shape index (κ3) is 6.69. The van der Waals surface area contributed by atoms with E-state index in [9.17, 15) is 14.4 Å². The molecule has 9 heteroatoms. The molecule has 3 amide bonds. The molecule has 2 atom stereocenters. The van der Waals surface area contributed by atoms with E-state index >= 15 is 0 Å². The molecule has 0 aliphatic heterocycles. The molecule has 2 aromatic rings. The number of urea groups is 1. The zero-order chi connectivity index (χ0) is 19.8. The van der Waals surface area contributed by atoms with E-state index in [1.807, 2.05) is 41.8 Å². The first kappa shape index (κ1) is 20.9. The Bertz CT molecular complexity index is 798. The zero-order valence-corrected chi connectivity index (χ0v) is 17.0. The Morgan fingerprint density at radius 3 is 2.52 bits per heavy atom. The molecule has 0 bridgehead atoms. The van der Waals surface area contributed by atoms with Crippen molar-refractivity contribution in [3.05, 3.63) is 56.7 Å². The fraction of sp³-hybridized carbons (Fsp3) is 0.278. The van der Waals surface area contributed by atoms with Gasteiger partial charge in [-0.05, 0) is 29.1 Å². The van der Waals surface area contributed by atoms with Crippen molar-refractivity contribution in [1.29, 1.82) is 0 Å². The molecule has 0 saturated heterocycles. The first-order valence-electron chi connectivity index (χ1n) is 8.10. The van der Waals surface area contributed by atoms with Crippen molar-refractivity contribution in [3.8, 4) is 0 Å². The maximum Gasteiger partial charge on any atom is 0.312 e. The van der Waals surface area contributed by atoms with Gasteiger partial charge in [0.25, 0.3) is 0 Å². The lowest BCUT2D eigenvalue weighted by molar-refractivity contribution is -0.141. The number of benzene rings is 1. The summed E-state index contributed by atoms with van der Waals surface area (Å²) in [5.74, 6) is -0.763. The number of hydrogen-bond acceptors (Lipinski definition) is 5. The lowest BCUT2D eigenvalue weighted by atomic mass is 10.0. The molecule has 7 nitrogen and oxygen atoms in total. The number of methoxy groups -OCH3 is 1. The molecule has 4 N–H and O–H groups in total. The summed E-state index contributed by atoms with van der Waals surface area (Å²) in [4.78, 5) is 36.5. The SMILES string of the molecule is COC(=O)CC(NC(=O)CC(NC(N)=O)c1cccs1)c1cccc(Br)c1. The van der Waals surface area contributed by atoms with E-state index in [0.29, 0.717) is 0 Å². The number of ether oxygens (including phenoxy) is 1. The maximum atomic E-state index is 12.6. The number of nitrogens with one attached hydrogen (secondary N) is 2. The number of amides is 3. The molecule has 1 aromatic carbocycles. The van der Waals surface area contributed by atoms with Gasteiger partial charge in [0.15, 0.2) is 0 Å². The number of hydrogen-bond donors (Lipinski definition) is 3. The molecule has 2 unspecified atom stereocenters. The Labute approximate surface area is 169 Å². The minimum absolute atomic E-state index is 0.00483. The monoisotopic (exact) mass is 453 g/mol. The molecule has 0 aliphatic rings. The second-order valence-electron chi connectivity index (χ2n) is 5.74. The number of thiophene rings is 1. The lowest BCUT2D eigenvalue weighted by Gasteiger charge is -2.21. The average Bonchev–Trinajstić information content (AvgIpc) is 3.14. The normalized spacial score (nSPS) is 12.7. The summed E-state index contributed by atoms with van der Waals surface area (Å²) in [6, 6.07) is 9.16. The van der Waals surface area contributed by atoms with Crippen LogP contribution in [0.1, 0.15) is 35.4 Å². The highest BCUT2D eigenvalue weighted by atomic mass is 79.9. The lowest BCUT2D eigenvalue weighted by Crippen LogP contribution is -2.37. The summed E-state index contributed by atoms with van der Waals surface area (Å²) in [7, 11) is 1.30. The van der Waals surface area contributed by atoms with Crippen LogP contribution in [0.4, 0.5) is 4.79 Å². The average molecular weight is 454 g/mol. The molecule has 0 radical (unpaired) electrons. The second-order valence-corrected chi connectivity index (χ2v) is 7.63. The molecule has 0 saturated carbocycles. The van der Waals surface area contributed by atoms with Gasteiger partial charge in [-0.2, -0.15) is 0 Å². The predicted molar refractivity (Wildman–Crippen MR) is 106 cm³/mol. The summed E-state index contributed by atoms with van der Waals surface area (Å²) in [5, 5.41) is 7.27. The third-order valence-electron chi connectivity index (χ3n) is 3.78. The van der Waals surface area contributed by atoms with E-state index in [1.165, 1.54) is 18.4 Å². The van der Waals surface area contributed by atoms with Gasteiger partial charge in [0.05, 0.1) is 32.0 Å². The largest absolute Gasteiger partial charge is 0.469 e. The molecular weight excluding hydrogens is 434 g/mol. The summed E-state index contributed by atoms with van der Waals surface area (Å²) < 4.78 is 5.56. The molecule has 1 aromatic heterocycles. The van der Waals surface area contributed by atoms with Crippen LogP contribution in [0.25, 0.3) is 0 Å². The smallest absolute Gasteiger partial charge is 0.312 e. The van der Waals surface area contributed by atoms with Crippen molar-refractivity contribution in [2.75, 3.05) is 7.11 Å². The number of carbonyl (C=O) groups excluding carboxylic acids is 3. The number of nitrogens with two attached hydrogens (primary N) is 1. The zero-order valence-electron chi connectivity index (χ0n) is 14.6. The van der Waals surface area contributed by atoms with Crippen molar-refractivity contribution in [2.45, 2.75) is 24.9 Å². The van der Waals surface area contributed by atoms with E-state index in [0.717, 1.165) is 14.9 Å². The summed E-state index contributed by atoms with van der Waals surface area (Å²) in [6.45, 7) is 0. The molecule has 144 valence electrons. The van der Waals surface area contributed by atoms with Crippen molar-refractivity contribution in [3.63, 3.8) is 0 Å². The van der Waals surface area contributed by atoms with E-state index in [2.05, 4.69) is 26.6 Å². The Kier molecular flexibility index (Phi) is 7.81. The summed E-state index contributed by atoms with van der Waals surface area (Å²) in [6.07, 6.45) is -0.0132. The molecule has 0 fully saturated rings. The minimum Gasteiger partial charge on any atom is -0.469 e. The fourth-order valence-corrected chi connectivity index (χ4v) is 3.74. The minimum atomic E-state index is -0.709. The van der Waals surface area contributed by atoms with E-state index in [1.54, 1.807) is 0 Å². The van der Waals surface area contributed by atoms with E-state index in [-0.39, 0.29) is 18.7 Å². The topological polar surface area (TPSA) is 111 Å². The van der Waals surface area contributed by atoms with Crippen molar-refractivity contribution in [2.24, 2.45) is 5.73 Å². The fourth-order valence-electron chi connectivity index (χ4n) is 2.55. The van der Waals surface area contributed by atoms with Gasteiger partial charge in [0.1, 0.15) is 0 Å². The van der Waals surface area contributed by atoms with Gasteiger partial charge >= 0.3 is 12.0 Å². The number of halogens is 1. The van der Waals surface area contributed by atoms with Crippen LogP contribution in [-0.4, -0.2) is 25.0 Å². The van der Waals surface area contributed by atoms with Crippen LogP contribution in [0.3, 0.4) is 0 Å². The number of primary amides is 1. The standard InChI is InChI=1S/C18H20BrN3O4S/c1-26-17(24)10-13(11-4-2-5-12(19)8-11)21-16(23)9-14(22-18(20)25)15-6-3-7-27-15/h2-8,13-14H,9-10H2,1H3,(H,21,23)(H3,20,22,25). The Hall–Kier alpha value is -2.39. The van der Waals surface area contributed by atoms with Gasteiger partial charge in [-0.1, -0.05) is 34.1 Å². The second kappa shape index (κ2) is 10.1. The predicted octanol–water partition coefficient (Wildman–Crippen LogP) is 3.03. The van der Waals surface area contributed by atoms with Crippen LogP contribution < -0.4 is 16.4 Å². The highest BCUT2D eigenvalue weighted by Gasteiger charge is 2.23. The van der Waals surface area contributed by atoms with Crippen molar-refractivity contribution in [1.82, 2.24) is 10.6 Å². The maximum absolute atomic E-state index is 12.6. The number of rotatable bonds is 8. The molecule has 0 aliphatic carbocycles. The molecule has 27 heavy (non-hydrogen) atoms. The molecule has 1 heterocycles. The van der Waals surface area contributed by atoms with Gasteiger partial charge in [-0.25, -0.2) is 4.79 Å². The van der Waals surface area contributed by atoms with Gasteiger partial charge < -0.3 is 21.1 Å². The van der Waals surface area contributed by atoms with Crippen LogP contribution in [0, 0.1) is 0 Å². The first-order chi connectivity index (χ1) is 12.9. The van der Waals surface area contributed by atoms with Gasteiger partial charge in [0, 0.05) is 9.35 Å². The van der Waals surface area contributed by atoms with Gasteiger partial charge in [-0.15, -0.1) is 11.3 Å². The highest BCUT2D eigenvalue weighted by molar-refractivity contribution is 9.10. The van der Waals surface area contributed by atoms with Crippen LogP contribution in [-0.2, 0) is 14.3 Å². The van der Waals surface area contributed by atoms with Crippen LogP contribution in [0.15, 0.2) is 46.3 Å². The number of esters is 1. The summed E-state index contributed by atoms with van der Waals surface area (Å²) in [5.41, 5.74) is 5.99. The molecule has 2 rings (SSSR count). The third-order valence-corrected chi connectivity index (χ3v) is 5.26. The number of carbonyl (C=O) groups is 3. The Morgan fingerprint density at radius 2 is 1.93 bits per heavy atom. The van der Waals surface area contributed by atoms with Crippen LogP contribution in [0.5, 0.6) is 0 Å². The summed E-state index contributed by atoms with van der Waals surface area (Å²) >= 11 is 4.80. The van der Waals surface area contributed by atoms with E-state index in [4.69, 9.17) is 10.5 Å². The van der Waals surface area contributed by atoms with Crippen LogP contribution in [0.2, 0.25) is 0 Å². The van der Waals surface area contributed by atoms with Gasteiger partial charge in [-0.3, -0.25) is 9.59 Å². The van der Waals surface area contributed by atoms with Gasteiger partial charge in [0.2, 0.25) is 5.91 Å². The molecular formula is C18H20BrN3O4S. The van der Waals surface area contributed by atoms with Crippen molar-refractivity contribution < 1.29 is 19.1 Å². The van der Waals surface area contributed by atoms with Crippen molar-refractivity contribution >= 4 is 45.2 Å². The van der Waals surface area contributed by atoms with Crippen LogP contribution >= 0.6 is 27.3 Å². The van der Waals surface area contributed by atoms with E-state index < -0.39 is 24.1 Å². The quantitative estimate of drug-likeness (QED) is 0.533. The Balaban J connectivity index is 2.13.